The van der Waals surface area contributed by atoms with Gasteiger partial charge < -0.3 is 4.74 Å². The maximum atomic E-state index is 13.7. The SMILES string of the molecule is COC(=O)c1cc(F)ccc1-c1cccc(F)c1F. The molecule has 5 heteroatoms. The van der Waals surface area contributed by atoms with Gasteiger partial charge in [0.05, 0.1) is 12.7 Å². The van der Waals surface area contributed by atoms with Crippen molar-refractivity contribution < 1.29 is 22.7 Å². The fraction of sp³-hybridized carbons (Fsp3) is 0.0714. The van der Waals surface area contributed by atoms with E-state index in [1.165, 1.54) is 18.2 Å². The molecule has 2 rings (SSSR count). The van der Waals surface area contributed by atoms with Crippen LogP contribution in [-0.2, 0) is 4.74 Å². The van der Waals surface area contributed by atoms with Crippen molar-refractivity contribution in [3.05, 3.63) is 59.4 Å². The molecule has 98 valence electrons. The average molecular weight is 266 g/mol. The predicted molar refractivity (Wildman–Crippen MR) is 63.1 cm³/mol. The minimum Gasteiger partial charge on any atom is -0.465 e. The van der Waals surface area contributed by atoms with Crippen LogP contribution in [0, 0.1) is 17.5 Å². The molecule has 0 aromatic heterocycles. The highest BCUT2D eigenvalue weighted by Crippen LogP contribution is 2.28. The molecule has 0 N–H and O–H groups in total. The number of esters is 1. The molecule has 0 spiro atoms. The molecule has 0 amide bonds. The topological polar surface area (TPSA) is 26.3 Å². The van der Waals surface area contributed by atoms with E-state index in [1.807, 2.05) is 0 Å². The lowest BCUT2D eigenvalue weighted by molar-refractivity contribution is 0.0601. The van der Waals surface area contributed by atoms with E-state index in [9.17, 15) is 18.0 Å². The van der Waals surface area contributed by atoms with Gasteiger partial charge in [0, 0.05) is 5.56 Å². The summed E-state index contributed by atoms with van der Waals surface area (Å²) in [5.74, 6) is -3.63. The van der Waals surface area contributed by atoms with Crippen molar-refractivity contribution in [1.82, 2.24) is 0 Å². The standard InChI is InChI=1S/C14H9F3O2/c1-19-14(18)11-7-8(15)5-6-9(11)10-3-2-4-12(16)13(10)17/h2-7H,1H3. The van der Waals surface area contributed by atoms with Gasteiger partial charge in [-0.05, 0) is 23.8 Å². The summed E-state index contributed by atoms with van der Waals surface area (Å²) in [5, 5.41) is 0. The zero-order valence-electron chi connectivity index (χ0n) is 9.91. The Kier molecular flexibility index (Phi) is 3.55. The normalized spacial score (nSPS) is 10.3. The van der Waals surface area contributed by atoms with Gasteiger partial charge in [0.2, 0.25) is 0 Å². The molecule has 19 heavy (non-hydrogen) atoms. The molecule has 0 aliphatic rings. The van der Waals surface area contributed by atoms with Crippen LogP contribution in [0.25, 0.3) is 11.1 Å². The molecule has 2 aromatic rings. The van der Waals surface area contributed by atoms with Crippen LogP contribution in [0.5, 0.6) is 0 Å². The molecule has 0 atom stereocenters. The van der Waals surface area contributed by atoms with Crippen molar-refractivity contribution in [1.29, 1.82) is 0 Å². The molecule has 2 nitrogen and oxygen atoms in total. The summed E-state index contributed by atoms with van der Waals surface area (Å²) in [4.78, 5) is 11.6. The van der Waals surface area contributed by atoms with E-state index in [2.05, 4.69) is 4.74 Å². The maximum absolute atomic E-state index is 13.7. The number of halogens is 3. The van der Waals surface area contributed by atoms with Crippen molar-refractivity contribution in [3.8, 4) is 11.1 Å². The molecule has 0 saturated carbocycles. The molecule has 0 saturated heterocycles. The van der Waals surface area contributed by atoms with Crippen LogP contribution >= 0.6 is 0 Å². The molecule has 0 bridgehead atoms. The fourth-order valence-electron chi connectivity index (χ4n) is 1.74. The van der Waals surface area contributed by atoms with Crippen LogP contribution in [0.2, 0.25) is 0 Å². The Balaban J connectivity index is 2.68. The van der Waals surface area contributed by atoms with Crippen molar-refractivity contribution >= 4 is 5.97 Å². The molecule has 0 aliphatic heterocycles. The minimum absolute atomic E-state index is 0.0743. The van der Waals surface area contributed by atoms with E-state index in [1.54, 1.807) is 0 Å². The summed E-state index contributed by atoms with van der Waals surface area (Å²) in [5.41, 5.74) is -0.211. The number of hydrogen-bond donors (Lipinski definition) is 0. The molecule has 0 heterocycles. The highest BCUT2D eigenvalue weighted by molar-refractivity contribution is 5.97. The Bertz CT molecular complexity index is 639. The van der Waals surface area contributed by atoms with E-state index in [4.69, 9.17) is 0 Å². The smallest absolute Gasteiger partial charge is 0.338 e. The predicted octanol–water partition coefficient (Wildman–Crippen LogP) is 3.56. The van der Waals surface area contributed by atoms with E-state index in [0.717, 1.165) is 25.3 Å². The van der Waals surface area contributed by atoms with Gasteiger partial charge in [-0.1, -0.05) is 18.2 Å². The lowest BCUT2D eigenvalue weighted by atomic mass is 9.99. The second-order valence-corrected chi connectivity index (χ2v) is 3.78. The maximum Gasteiger partial charge on any atom is 0.338 e. The quantitative estimate of drug-likeness (QED) is 0.777. The first-order chi connectivity index (χ1) is 9.04. The van der Waals surface area contributed by atoms with Gasteiger partial charge in [-0.3, -0.25) is 0 Å². The van der Waals surface area contributed by atoms with Gasteiger partial charge in [0.25, 0.3) is 0 Å². The first-order valence-corrected chi connectivity index (χ1v) is 5.37. The number of hydrogen-bond acceptors (Lipinski definition) is 2. The molecule has 2 aromatic carbocycles. The second kappa shape index (κ2) is 5.14. The molecular formula is C14H9F3O2. The molecular weight excluding hydrogens is 257 g/mol. The van der Waals surface area contributed by atoms with Gasteiger partial charge in [0.15, 0.2) is 11.6 Å². The van der Waals surface area contributed by atoms with Crippen LogP contribution in [0.1, 0.15) is 10.4 Å². The molecule has 0 unspecified atom stereocenters. The minimum atomic E-state index is -1.10. The van der Waals surface area contributed by atoms with Crippen molar-refractivity contribution in [2.45, 2.75) is 0 Å². The molecule has 0 fully saturated rings. The molecule has 0 radical (unpaired) electrons. The first-order valence-electron chi connectivity index (χ1n) is 5.37. The lowest BCUT2D eigenvalue weighted by Gasteiger charge is -2.09. The number of rotatable bonds is 2. The van der Waals surface area contributed by atoms with Crippen molar-refractivity contribution in [2.75, 3.05) is 7.11 Å². The van der Waals surface area contributed by atoms with E-state index >= 15 is 0 Å². The van der Waals surface area contributed by atoms with E-state index < -0.39 is 23.4 Å². The van der Waals surface area contributed by atoms with Gasteiger partial charge in [0.1, 0.15) is 5.82 Å². The highest BCUT2D eigenvalue weighted by atomic mass is 19.2. The van der Waals surface area contributed by atoms with Crippen LogP contribution in [0.15, 0.2) is 36.4 Å². The Hall–Kier alpha value is -2.30. The van der Waals surface area contributed by atoms with Gasteiger partial charge in [-0.2, -0.15) is 0 Å². The summed E-state index contributed by atoms with van der Waals surface area (Å²) < 4.78 is 44.6. The van der Waals surface area contributed by atoms with Crippen LogP contribution in [0.4, 0.5) is 13.2 Å². The van der Waals surface area contributed by atoms with Crippen molar-refractivity contribution in [3.63, 3.8) is 0 Å². The number of benzene rings is 2. The lowest BCUT2D eigenvalue weighted by Crippen LogP contribution is -2.05. The monoisotopic (exact) mass is 266 g/mol. The average Bonchev–Trinajstić information content (AvgIpc) is 2.41. The summed E-state index contributed by atoms with van der Waals surface area (Å²) in [7, 11) is 1.12. The van der Waals surface area contributed by atoms with Gasteiger partial charge in [-0.15, -0.1) is 0 Å². The Morgan fingerprint density at radius 1 is 1.05 bits per heavy atom. The molecule has 0 aliphatic carbocycles. The summed E-state index contributed by atoms with van der Waals surface area (Å²) in [6, 6.07) is 6.76. The second-order valence-electron chi connectivity index (χ2n) is 3.78. The third-order valence-electron chi connectivity index (χ3n) is 2.63. The number of carbonyl (C=O) groups is 1. The fourth-order valence-corrected chi connectivity index (χ4v) is 1.74. The third-order valence-corrected chi connectivity index (χ3v) is 2.63. The van der Waals surface area contributed by atoms with E-state index in [0.29, 0.717) is 0 Å². The highest BCUT2D eigenvalue weighted by Gasteiger charge is 2.18. The van der Waals surface area contributed by atoms with Gasteiger partial charge in [-0.25, -0.2) is 18.0 Å². The Morgan fingerprint density at radius 3 is 2.47 bits per heavy atom. The summed E-state index contributed by atoms with van der Waals surface area (Å²) in [6.07, 6.45) is 0. The van der Waals surface area contributed by atoms with Crippen LogP contribution in [-0.4, -0.2) is 13.1 Å². The van der Waals surface area contributed by atoms with Gasteiger partial charge >= 0.3 is 5.97 Å². The van der Waals surface area contributed by atoms with Crippen LogP contribution < -0.4 is 0 Å². The zero-order chi connectivity index (χ0) is 14.0. The largest absolute Gasteiger partial charge is 0.465 e. The number of ether oxygens (including phenoxy) is 1. The van der Waals surface area contributed by atoms with Crippen molar-refractivity contribution in [2.24, 2.45) is 0 Å². The van der Waals surface area contributed by atoms with E-state index in [-0.39, 0.29) is 16.7 Å². The number of carbonyl (C=O) groups excluding carboxylic acids is 1. The first kappa shape index (κ1) is 13.1. The third kappa shape index (κ3) is 2.45. The van der Waals surface area contributed by atoms with Crippen LogP contribution in [0.3, 0.4) is 0 Å². The Morgan fingerprint density at radius 2 is 1.79 bits per heavy atom. The number of methoxy groups -OCH3 is 1. The summed E-state index contributed by atoms with van der Waals surface area (Å²) in [6.45, 7) is 0. The summed E-state index contributed by atoms with van der Waals surface area (Å²) >= 11 is 0. The zero-order valence-corrected chi connectivity index (χ0v) is 9.91. The Labute approximate surface area is 107 Å².